The molecular formula is C15H23NS. The predicted octanol–water partition coefficient (Wildman–Crippen LogP) is 4.79. The van der Waals surface area contributed by atoms with Crippen LogP contribution in [0.5, 0.6) is 0 Å². The molecule has 0 aromatic heterocycles. The number of thioether (sulfide) groups is 1. The number of nitrogens with one attached hydrogen (secondary N) is 1. The molecule has 1 N–H and O–H groups in total. The average Bonchev–Trinajstić information content (AvgIpc) is 2.40. The summed E-state index contributed by atoms with van der Waals surface area (Å²) in [7, 11) is 0. The largest absolute Gasteiger partial charge is 0.381 e. The molecule has 0 amide bonds. The van der Waals surface area contributed by atoms with Gasteiger partial charge in [-0.25, -0.2) is 0 Å². The summed E-state index contributed by atoms with van der Waals surface area (Å²) in [6.07, 6.45) is 9.21. The van der Waals surface area contributed by atoms with E-state index in [0.717, 1.165) is 5.92 Å². The van der Waals surface area contributed by atoms with Crippen molar-refractivity contribution in [2.75, 3.05) is 11.6 Å². The van der Waals surface area contributed by atoms with E-state index in [2.05, 4.69) is 42.8 Å². The van der Waals surface area contributed by atoms with Crippen molar-refractivity contribution in [2.24, 2.45) is 5.92 Å². The summed E-state index contributed by atoms with van der Waals surface area (Å²) in [5, 5.41) is 3.71. The van der Waals surface area contributed by atoms with Crippen molar-refractivity contribution >= 4 is 17.4 Å². The number of rotatable bonds is 4. The minimum absolute atomic E-state index is 0.601. The van der Waals surface area contributed by atoms with Gasteiger partial charge >= 0.3 is 0 Å². The quantitative estimate of drug-likeness (QED) is 0.770. The molecule has 1 saturated carbocycles. The van der Waals surface area contributed by atoms with Gasteiger partial charge in [0.15, 0.2) is 0 Å². The van der Waals surface area contributed by atoms with E-state index in [1.54, 1.807) is 0 Å². The molecule has 0 spiro atoms. The second kappa shape index (κ2) is 6.34. The third-order valence-corrected chi connectivity index (χ3v) is 4.64. The van der Waals surface area contributed by atoms with Crippen LogP contribution >= 0.6 is 11.8 Å². The van der Waals surface area contributed by atoms with Crippen molar-refractivity contribution in [3.05, 3.63) is 24.3 Å². The molecule has 0 heterocycles. The molecule has 2 rings (SSSR count). The van der Waals surface area contributed by atoms with Gasteiger partial charge in [-0.15, -0.1) is 11.8 Å². The molecule has 1 aromatic rings. The average molecular weight is 249 g/mol. The Balaban J connectivity index is 1.99. The van der Waals surface area contributed by atoms with Crippen LogP contribution in [-0.2, 0) is 0 Å². The maximum Gasteiger partial charge on any atom is 0.0480 e. The van der Waals surface area contributed by atoms with Gasteiger partial charge in [0, 0.05) is 16.6 Å². The maximum absolute atomic E-state index is 3.71. The Morgan fingerprint density at radius 2 is 1.88 bits per heavy atom. The summed E-state index contributed by atoms with van der Waals surface area (Å²) in [6.45, 7) is 2.34. The zero-order valence-corrected chi connectivity index (χ0v) is 11.7. The van der Waals surface area contributed by atoms with Gasteiger partial charge in [-0.05, 0) is 44.1 Å². The number of hydrogen-bond donors (Lipinski definition) is 1. The van der Waals surface area contributed by atoms with E-state index in [-0.39, 0.29) is 0 Å². The zero-order valence-electron chi connectivity index (χ0n) is 10.9. The van der Waals surface area contributed by atoms with Crippen LogP contribution in [0, 0.1) is 5.92 Å². The smallest absolute Gasteiger partial charge is 0.0480 e. The summed E-state index contributed by atoms with van der Waals surface area (Å²) in [5.41, 5.74) is 1.30. The molecule has 94 valence electrons. The summed E-state index contributed by atoms with van der Waals surface area (Å²) < 4.78 is 0. The van der Waals surface area contributed by atoms with Crippen molar-refractivity contribution in [3.8, 4) is 0 Å². The van der Waals surface area contributed by atoms with E-state index in [0.29, 0.717) is 6.04 Å². The molecular weight excluding hydrogens is 226 g/mol. The third-order valence-electron chi connectivity index (χ3n) is 3.85. The lowest BCUT2D eigenvalue weighted by Gasteiger charge is -2.29. The molecule has 0 saturated heterocycles. The second-order valence-electron chi connectivity index (χ2n) is 5.03. The van der Waals surface area contributed by atoms with Crippen molar-refractivity contribution in [1.82, 2.24) is 0 Å². The van der Waals surface area contributed by atoms with E-state index >= 15 is 0 Å². The second-order valence-corrected chi connectivity index (χ2v) is 5.88. The molecule has 17 heavy (non-hydrogen) atoms. The number of anilines is 1. The highest BCUT2D eigenvalue weighted by atomic mass is 32.2. The van der Waals surface area contributed by atoms with Crippen molar-refractivity contribution in [3.63, 3.8) is 0 Å². The fourth-order valence-electron chi connectivity index (χ4n) is 2.76. The van der Waals surface area contributed by atoms with Crippen molar-refractivity contribution in [1.29, 1.82) is 0 Å². The van der Waals surface area contributed by atoms with E-state index in [9.17, 15) is 0 Å². The molecule has 1 aliphatic rings. The summed E-state index contributed by atoms with van der Waals surface area (Å²) in [5.74, 6) is 0.860. The van der Waals surface area contributed by atoms with Crippen molar-refractivity contribution in [2.45, 2.75) is 50.0 Å². The lowest BCUT2D eigenvalue weighted by Crippen LogP contribution is -2.27. The predicted molar refractivity (Wildman–Crippen MR) is 77.9 cm³/mol. The SMILES string of the molecule is CSc1ccccc1NC(C)C1CCCCC1. The highest BCUT2D eigenvalue weighted by molar-refractivity contribution is 7.98. The van der Waals surface area contributed by atoms with E-state index < -0.39 is 0 Å². The Labute approximate surface area is 109 Å². The van der Waals surface area contributed by atoms with Gasteiger partial charge in [0.05, 0.1) is 0 Å². The molecule has 2 heteroatoms. The van der Waals surface area contributed by atoms with Crippen LogP contribution in [0.3, 0.4) is 0 Å². The van der Waals surface area contributed by atoms with E-state index in [4.69, 9.17) is 0 Å². The first-order chi connectivity index (χ1) is 8.31. The van der Waals surface area contributed by atoms with Gasteiger partial charge in [-0.1, -0.05) is 31.4 Å². The van der Waals surface area contributed by atoms with Crippen LogP contribution < -0.4 is 5.32 Å². The fourth-order valence-corrected chi connectivity index (χ4v) is 3.32. The lowest BCUT2D eigenvalue weighted by atomic mass is 9.84. The first kappa shape index (κ1) is 12.8. The van der Waals surface area contributed by atoms with Crippen LogP contribution in [0.4, 0.5) is 5.69 Å². The number of hydrogen-bond acceptors (Lipinski definition) is 2. The molecule has 1 atom stereocenters. The Kier molecular flexibility index (Phi) is 4.78. The monoisotopic (exact) mass is 249 g/mol. The topological polar surface area (TPSA) is 12.0 Å². The van der Waals surface area contributed by atoms with Gasteiger partial charge in [-0.3, -0.25) is 0 Å². The fraction of sp³-hybridized carbons (Fsp3) is 0.600. The Morgan fingerprint density at radius 1 is 1.18 bits per heavy atom. The molecule has 0 radical (unpaired) electrons. The first-order valence-corrected chi connectivity index (χ1v) is 7.93. The molecule has 1 aromatic carbocycles. The van der Waals surface area contributed by atoms with Gasteiger partial charge in [0.25, 0.3) is 0 Å². The third kappa shape index (κ3) is 3.41. The molecule has 0 bridgehead atoms. The molecule has 1 nitrogen and oxygen atoms in total. The van der Waals surface area contributed by atoms with Crippen LogP contribution in [0.25, 0.3) is 0 Å². The summed E-state index contributed by atoms with van der Waals surface area (Å²) >= 11 is 1.82. The summed E-state index contributed by atoms with van der Waals surface area (Å²) in [6, 6.07) is 9.23. The Hall–Kier alpha value is -0.630. The van der Waals surface area contributed by atoms with Crippen LogP contribution in [-0.4, -0.2) is 12.3 Å². The number of benzene rings is 1. The minimum atomic E-state index is 0.601. The van der Waals surface area contributed by atoms with Gasteiger partial charge in [-0.2, -0.15) is 0 Å². The highest BCUT2D eigenvalue weighted by Gasteiger charge is 2.20. The van der Waals surface area contributed by atoms with Crippen LogP contribution in [0.1, 0.15) is 39.0 Å². The lowest BCUT2D eigenvalue weighted by molar-refractivity contribution is 0.328. The Bertz CT molecular complexity index is 345. The van der Waals surface area contributed by atoms with Crippen molar-refractivity contribution < 1.29 is 0 Å². The highest BCUT2D eigenvalue weighted by Crippen LogP contribution is 2.30. The molecule has 1 unspecified atom stereocenters. The van der Waals surface area contributed by atoms with Gasteiger partial charge in [0.2, 0.25) is 0 Å². The number of para-hydroxylation sites is 1. The van der Waals surface area contributed by atoms with Gasteiger partial charge < -0.3 is 5.32 Å². The van der Waals surface area contributed by atoms with Gasteiger partial charge in [0.1, 0.15) is 0 Å². The molecule has 0 aliphatic heterocycles. The standard InChI is InChI=1S/C15H23NS/c1-12(13-8-4-3-5-9-13)16-14-10-6-7-11-15(14)17-2/h6-7,10-13,16H,3-5,8-9H2,1-2H3. The molecule has 1 fully saturated rings. The van der Waals surface area contributed by atoms with E-state index in [1.807, 2.05) is 11.8 Å². The first-order valence-electron chi connectivity index (χ1n) is 6.71. The molecule has 1 aliphatic carbocycles. The minimum Gasteiger partial charge on any atom is -0.381 e. The Morgan fingerprint density at radius 3 is 2.59 bits per heavy atom. The maximum atomic E-state index is 3.71. The van der Waals surface area contributed by atoms with Crippen LogP contribution in [0.2, 0.25) is 0 Å². The van der Waals surface area contributed by atoms with E-state index in [1.165, 1.54) is 42.7 Å². The summed E-state index contributed by atoms with van der Waals surface area (Å²) in [4.78, 5) is 1.36. The van der Waals surface area contributed by atoms with Crippen LogP contribution in [0.15, 0.2) is 29.2 Å². The zero-order chi connectivity index (χ0) is 12.1. The normalized spacial score (nSPS) is 18.9.